The van der Waals surface area contributed by atoms with Crippen LogP contribution in [0.15, 0.2) is 16.3 Å². The minimum absolute atomic E-state index is 0.127. The molecule has 0 radical (unpaired) electrons. The van der Waals surface area contributed by atoms with Crippen molar-refractivity contribution >= 4 is 27.3 Å². The molecule has 2 heterocycles. The Hall–Kier alpha value is -0.960. The van der Waals surface area contributed by atoms with Gasteiger partial charge in [-0.15, -0.1) is 11.3 Å². The van der Waals surface area contributed by atoms with Crippen molar-refractivity contribution in [2.45, 2.75) is 30.5 Å². The highest BCUT2D eigenvalue weighted by Gasteiger charge is 2.21. The fourth-order valence-corrected chi connectivity index (χ4v) is 5.00. The zero-order chi connectivity index (χ0) is 16.2. The number of hydrogen-bond donors (Lipinski definition) is 2. The molecule has 1 saturated heterocycles. The average molecular weight is 345 g/mol. The lowest BCUT2D eigenvalue weighted by molar-refractivity contribution is -0.119. The summed E-state index contributed by atoms with van der Waals surface area (Å²) in [6, 6.07) is 3.33. The average Bonchev–Trinajstić information content (AvgIpc) is 2.93. The Kier molecular flexibility index (Phi) is 5.96. The predicted octanol–water partition coefficient (Wildman–Crippen LogP) is 1.00. The Morgan fingerprint density at radius 1 is 1.45 bits per heavy atom. The molecule has 0 spiro atoms. The topological polar surface area (TPSA) is 78.5 Å². The highest BCUT2D eigenvalue weighted by Crippen LogP contribution is 2.22. The number of sulfonamides is 1. The van der Waals surface area contributed by atoms with Crippen molar-refractivity contribution in [2.75, 3.05) is 26.7 Å². The maximum absolute atomic E-state index is 12.3. The van der Waals surface area contributed by atoms with Crippen LogP contribution in [0.3, 0.4) is 0 Å². The van der Waals surface area contributed by atoms with Gasteiger partial charge in [0.1, 0.15) is 4.21 Å². The van der Waals surface area contributed by atoms with E-state index in [1.165, 1.54) is 18.3 Å². The van der Waals surface area contributed by atoms with Gasteiger partial charge in [0.25, 0.3) is 0 Å². The summed E-state index contributed by atoms with van der Waals surface area (Å²) in [4.78, 5) is 13.9. The number of rotatable bonds is 6. The fraction of sp³-hybridized carbons (Fsp3) is 0.643. The molecule has 1 atom stereocenters. The fourth-order valence-electron chi connectivity index (χ4n) is 2.55. The number of carbonyl (C=O) groups is 1. The molecule has 124 valence electrons. The monoisotopic (exact) mass is 345 g/mol. The van der Waals surface area contributed by atoms with Crippen molar-refractivity contribution in [3.63, 3.8) is 0 Å². The van der Waals surface area contributed by atoms with Crippen LogP contribution in [-0.2, 0) is 21.4 Å². The SMILES string of the molecule is CC(=O)NCc1ccc(S(=O)(=O)NCC2CCCN(C)C2)s1. The molecule has 1 amide bonds. The first-order valence-corrected chi connectivity index (χ1v) is 9.68. The first-order chi connectivity index (χ1) is 10.4. The lowest BCUT2D eigenvalue weighted by atomic mass is 9.99. The number of nitrogens with zero attached hydrogens (tertiary/aromatic N) is 1. The van der Waals surface area contributed by atoms with Gasteiger partial charge in [-0.2, -0.15) is 0 Å². The summed E-state index contributed by atoms with van der Waals surface area (Å²) in [5.74, 6) is 0.240. The number of hydrogen-bond acceptors (Lipinski definition) is 5. The van der Waals surface area contributed by atoms with Gasteiger partial charge in [-0.25, -0.2) is 13.1 Å². The highest BCUT2D eigenvalue weighted by atomic mass is 32.2. The maximum Gasteiger partial charge on any atom is 0.250 e. The molecular formula is C14H23N3O3S2. The van der Waals surface area contributed by atoms with Gasteiger partial charge in [-0.3, -0.25) is 4.79 Å². The normalized spacial score (nSPS) is 20.0. The molecule has 22 heavy (non-hydrogen) atoms. The minimum Gasteiger partial charge on any atom is -0.351 e. The Labute approximate surface area is 135 Å². The van der Waals surface area contributed by atoms with Gasteiger partial charge in [-0.05, 0) is 44.5 Å². The van der Waals surface area contributed by atoms with Crippen LogP contribution in [0.5, 0.6) is 0 Å². The third-order valence-corrected chi connectivity index (χ3v) is 6.70. The largest absolute Gasteiger partial charge is 0.351 e. The molecule has 2 rings (SSSR count). The highest BCUT2D eigenvalue weighted by molar-refractivity contribution is 7.91. The molecular weight excluding hydrogens is 322 g/mol. The number of carbonyl (C=O) groups excluding carboxylic acids is 1. The van der Waals surface area contributed by atoms with Gasteiger partial charge in [0.05, 0.1) is 6.54 Å². The van der Waals surface area contributed by atoms with Crippen molar-refractivity contribution in [2.24, 2.45) is 5.92 Å². The summed E-state index contributed by atoms with van der Waals surface area (Å²) in [6.45, 7) is 4.30. The van der Waals surface area contributed by atoms with E-state index in [1.54, 1.807) is 12.1 Å². The smallest absolute Gasteiger partial charge is 0.250 e. The summed E-state index contributed by atoms with van der Waals surface area (Å²) in [5.41, 5.74) is 0. The van der Waals surface area contributed by atoms with E-state index in [2.05, 4.69) is 22.0 Å². The van der Waals surface area contributed by atoms with Gasteiger partial charge in [0.2, 0.25) is 15.9 Å². The molecule has 0 aromatic carbocycles. The molecule has 1 aromatic heterocycles. The lowest BCUT2D eigenvalue weighted by Gasteiger charge is -2.29. The molecule has 1 aliphatic heterocycles. The van der Waals surface area contributed by atoms with E-state index in [0.29, 0.717) is 23.2 Å². The molecule has 0 aliphatic carbocycles. The van der Waals surface area contributed by atoms with Gasteiger partial charge < -0.3 is 10.2 Å². The third kappa shape index (κ3) is 5.05. The van der Waals surface area contributed by atoms with E-state index in [9.17, 15) is 13.2 Å². The number of likely N-dealkylation sites (tertiary alicyclic amines) is 1. The van der Waals surface area contributed by atoms with Gasteiger partial charge >= 0.3 is 0 Å². The Balaban J connectivity index is 1.91. The molecule has 8 heteroatoms. The summed E-state index contributed by atoms with van der Waals surface area (Å²) >= 11 is 1.19. The standard InChI is InChI=1S/C14H23N3O3S2/c1-11(18)15-9-13-5-6-14(21-13)22(19,20)16-8-12-4-3-7-17(2)10-12/h5-6,12,16H,3-4,7-10H2,1-2H3,(H,15,18). The second-order valence-electron chi connectivity index (χ2n) is 5.75. The van der Waals surface area contributed by atoms with Crippen molar-refractivity contribution in [1.82, 2.24) is 14.9 Å². The lowest BCUT2D eigenvalue weighted by Crippen LogP contribution is -2.38. The summed E-state index contributed by atoms with van der Waals surface area (Å²) < 4.78 is 27.6. The Bertz CT molecular complexity index is 613. The number of amides is 1. The summed E-state index contributed by atoms with van der Waals surface area (Å²) in [6.07, 6.45) is 2.17. The van der Waals surface area contributed by atoms with Crippen LogP contribution in [0, 0.1) is 5.92 Å². The number of piperidine rings is 1. The molecule has 1 aromatic rings. The second kappa shape index (κ2) is 7.54. The third-order valence-electron chi connectivity index (χ3n) is 3.70. The zero-order valence-corrected chi connectivity index (χ0v) is 14.6. The zero-order valence-electron chi connectivity index (χ0n) is 13.0. The quantitative estimate of drug-likeness (QED) is 0.806. The van der Waals surface area contributed by atoms with Crippen LogP contribution < -0.4 is 10.0 Å². The first-order valence-electron chi connectivity index (χ1n) is 7.38. The van der Waals surface area contributed by atoms with E-state index < -0.39 is 10.0 Å². The van der Waals surface area contributed by atoms with Crippen molar-refractivity contribution < 1.29 is 13.2 Å². The predicted molar refractivity (Wildman–Crippen MR) is 87.2 cm³/mol. The van der Waals surface area contributed by atoms with Crippen LogP contribution in [0.4, 0.5) is 0 Å². The maximum atomic E-state index is 12.3. The Morgan fingerprint density at radius 2 is 2.23 bits per heavy atom. The number of thiophene rings is 1. The van der Waals surface area contributed by atoms with E-state index in [0.717, 1.165) is 30.8 Å². The molecule has 6 nitrogen and oxygen atoms in total. The van der Waals surface area contributed by atoms with E-state index in [-0.39, 0.29) is 5.91 Å². The molecule has 1 fully saturated rings. The molecule has 0 saturated carbocycles. The number of nitrogens with one attached hydrogen (secondary N) is 2. The van der Waals surface area contributed by atoms with E-state index in [1.807, 2.05) is 0 Å². The van der Waals surface area contributed by atoms with Crippen LogP contribution in [-0.4, -0.2) is 45.9 Å². The first kappa shape index (κ1) is 17.4. The van der Waals surface area contributed by atoms with Crippen LogP contribution in [0.2, 0.25) is 0 Å². The van der Waals surface area contributed by atoms with Crippen LogP contribution in [0.1, 0.15) is 24.6 Å². The van der Waals surface area contributed by atoms with E-state index in [4.69, 9.17) is 0 Å². The van der Waals surface area contributed by atoms with Crippen molar-refractivity contribution in [3.8, 4) is 0 Å². The molecule has 1 unspecified atom stereocenters. The summed E-state index contributed by atoms with van der Waals surface area (Å²) in [7, 11) is -1.39. The molecule has 1 aliphatic rings. The van der Waals surface area contributed by atoms with Gasteiger partial charge in [0.15, 0.2) is 0 Å². The van der Waals surface area contributed by atoms with Crippen molar-refractivity contribution in [3.05, 3.63) is 17.0 Å². The van der Waals surface area contributed by atoms with Gasteiger partial charge in [0, 0.05) is 24.9 Å². The second-order valence-corrected chi connectivity index (χ2v) is 8.92. The molecule has 2 N–H and O–H groups in total. The minimum atomic E-state index is -3.46. The van der Waals surface area contributed by atoms with Gasteiger partial charge in [-0.1, -0.05) is 0 Å². The van der Waals surface area contributed by atoms with Crippen molar-refractivity contribution in [1.29, 1.82) is 0 Å². The Morgan fingerprint density at radius 3 is 2.91 bits per heavy atom. The molecule has 0 bridgehead atoms. The summed E-state index contributed by atoms with van der Waals surface area (Å²) in [5, 5.41) is 2.67. The van der Waals surface area contributed by atoms with E-state index >= 15 is 0 Å². The van der Waals surface area contributed by atoms with Crippen LogP contribution in [0.25, 0.3) is 0 Å². The van der Waals surface area contributed by atoms with Crippen LogP contribution >= 0.6 is 11.3 Å².